The summed E-state index contributed by atoms with van der Waals surface area (Å²) < 4.78 is 26.3. The van der Waals surface area contributed by atoms with Crippen LogP contribution in [0.1, 0.15) is 11.3 Å². The molecule has 0 spiro atoms. The quantitative estimate of drug-likeness (QED) is 0.826. The van der Waals surface area contributed by atoms with Crippen LogP contribution in [0.25, 0.3) is 0 Å². The van der Waals surface area contributed by atoms with Crippen molar-refractivity contribution >= 4 is 5.82 Å². The normalized spacial score (nSPS) is 11.2. The Morgan fingerprint density at radius 2 is 2.12 bits per heavy atom. The number of halogens is 2. The predicted octanol–water partition coefficient (Wildman–Crippen LogP) is 1.15. The van der Waals surface area contributed by atoms with E-state index in [2.05, 4.69) is 10.4 Å². The fourth-order valence-electron chi connectivity index (χ4n) is 1.84. The van der Waals surface area contributed by atoms with Crippen LogP contribution < -0.4 is 10.2 Å². The third-order valence-electron chi connectivity index (χ3n) is 2.44. The van der Waals surface area contributed by atoms with E-state index in [0.29, 0.717) is 6.54 Å². The van der Waals surface area contributed by atoms with Crippen LogP contribution in [0.2, 0.25) is 0 Å². The first-order valence-corrected chi connectivity index (χ1v) is 5.13. The summed E-state index contributed by atoms with van der Waals surface area (Å²) in [4.78, 5) is 1.54. The molecule has 0 aliphatic rings. The van der Waals surface area contributed by atoms with Gasteiger partial charge in [-0.15, -0.1) is 0 Å². The number of hydrogen-bond acceptors (Lipinski definition) is 3. The number of alkyl halides is 2. The summed E-state index contributed by atoms with van der Waals surface area (Å²) in [6.45, 7) is 2.23. The van der Waals surface area contributed by atoms with Crippen molar-refractivity contribution in [1.29, 1.82) is 0 Å². The standard InChI is InChI=1S/C10H18F2N4/c1-7-8(5-13-2)10(16(4)14-7)15(3)6-9(11)12/h9,13H,5-6H2,1-4H3. The molecule has 0 aliphatic carbocycles. The molecule has 92 valence electrons. The monoisotopic (exact) mass is 232 g/mol. The van der Waals surface area contributed by atoms with Crippen molar-refractivity contribution in [2.75, 3.05) is 25.5 Å². The van der Waals surface area contributed by atoms with Crippen LogP contribution in [0.4, 0.5) is 14.6 Å². The van der Waals surface area contributed by atoms with Crippen molar-refractivity contribution in [3.05, 3.63) is 11.3 Å². The SMILES string of the molecule is CNCc1c(C)nn(C)c1N(C)CC(F)F. The van der Waals surface area contributed by atoms with Crippen LogP contribution in [0.15, 0.2) is 0 Å². The van der Waals surface area contributed by atoms with Crippen LogP contribution in [-0.2, 0) is 13.6 Å². The maximum atomic E-state index is 12.3. The molecule has 0 saturated heterocycles. The summed E-state index contributed by atoms with van der Waals surface area (Å²) in [5, 5.41) is 7.27. The Hall–Kier alpha value is -1.17. The maximum Gasteiger partial charge on any atom is 0.255 e. The molecule has 6 heteroatoms. The highest BCUT2D eigenvalue weighted by atomic mass is 19.3. The number of nitrogens with one attached hydrogen (secondary N) is 1. The van der Waals surface area contributed by atoms with E-state index in [1.807, 2.05) is 14.0 Å². The maximum absolute atomic E-state index is 12.3. The van der Waals surface area contributed by atoms with Gasteiger partial charge in [0.05, 0.1) is 12.2 Å². The minimum Gasteiger partial charge on any atom is -0.354 e. The van der Waals surface area contributed by atoms with Gasteiger partial charge in [0.25, 0.3) is 6.43 Å². The van der Waals surface area contributed by atoms with E-state index < -0.39 is 6.43 Å². The fourth-order valence-corrected chi connectivity index (χ4v) is 1.84. The first kappa shape index (κ1) is 12.9. The zero-order valence-electron chi connectivity index (χ0n) is 10.1. The Morgan fingerprint density at radius 3 is 2.62 bits per heavy atom. The van der Waals surface area contributed by atoms with Gasteiger partial charge in [0.1, 0.15) is 5.82 Å². The second-order valence-corrected chi connectivity index (χ2v) is 3.81. The number of aryl methyl sites for hydroxylation is 2. The second kappa shape index (κ2) is 5.25. The van der Waals surface area contributed by atoms with E-state index in [-0.39, 0.29) is 6.54 Å². The van der Waals surface area contributed by atoms with Gasteiger partial charge in [0, 0.05) is 26.2 Å². The fraction of sp³-hybridized carbons (Fsp3) is 0.700. The highest BCUT2D eigenvalue weighted by molar-refractivity contribution is 5.49. The molecular weight excluding hydrogens is 214 g/mol. The molecule has 0 unspecified atom stereocenters. The molecule has 0 aromatic carbocycles. The molecule has 0 radical (unpaired) electrons. The summed E-state index contributed by atoms with van der Waals surface area (Å²) in [7, 11) is 5.24. The zero-order chi connectivity index (χ0) is 12.3. The lowest BCUT2D eigenvalue weighted by atomic mass is 10.2. The molecule has 1 N–H and O–H groups in total. The van der Waals surface area contributed by atoms with Gasteiger partial charge in [-0.05, 0) is 14.0 Å². The first-order valence-electron chi connectivity index (χ1n) is 5.13. The van der Waals surface area contributed by atoms with Gasteiger partial charge in [-0.3, -0.25) is 4.68 Å². The van der Waals surface area contributed by atoms with Crippen molar-refractivity contribution in [3.8, 4) is 0 Å². The third kappa shape index (κ3) is 2.69. The van der Waals surface area contributed by atoms with Gasteiger partial charge >= 0.3 is 0 Å². The van der Waals surface area contributed by atoms with Gasteiger partial charge in [-0.2, -0.15) is 5.10 Å². The number of hydrogen-bond donors (Lipinski definition) is 1. The summed E-state index contributed by atoms with van der Waals surface area (Å²) in [5.41, 5.74) is 1.83. The average molecular weight is 232 g/mol. The Labute approximate surface area is 94.2 Å². The molecule has 0 aliphatic heterocycles. The summed E-state index contributed by atoms with van der Waals surface area (Å²) >= 11 is 0. The van der Waals surface area contributed by atoms with E-state index in [0.717, 1.165) is 17.1 Å². The predicted molar refractivity (Wildman–Crippen MR) is 60.0 cm³/mol. The van der Waals surface area contributed by atoms with Crippen molar-refractivity contribution in [2.45, 2.75) is 19.9 Å². The van der Waals surface area contributed by atoms with Crippen molar-refractivity contribution < 1.29 is 8.78 Å². The molecule has 1 aromatic rings. The number of anilines is 1. The van der Waals surface area contributed by atoms with Gasteiger partial charge in [0.2, 0.25) is 0 Å². The van der Waals surface area contributed by atoms with Crippen LogP contribution in [-0.4, -0.2) is 36.8 Å². The Kier molecular flexibility index (Phi) is 4.23. The number of aromatic nitrogens is 2. The summed E-state index contributed by atoms with van der Waals surface area (Å²) in [5.74, 6) is 0.743. The lowest BCUT2D eigenvalue weighted by molar-refractivity contribution is 0.156. The van der Waals surface area contributed by atoms with Crippen LogP contribution in [0.3, 0.4) is 0 Å². The van der Waals surface area contributed by atoms with E-state index >= 15 is 0 Å². The highest BCUT2D eigenvalue weighted by Gasteiger charge is 2.18. The van der Waals surface area contributed by atoms with Gasteiger partial charge < -0.3 is 10.2 Å². The van der Waals surface area contributed by atoms with E-state index in [9.17, 15) is 8.78 Å². The lowest BCUT2D eigenvalue weighted by Gasteiger charge is -2.20. The highest BCUT2D eigenvalue weighted by Crippen LogP contribution is 2.22. The van der Waals surface area contributed by atoms with Gasteiger partial charge in [-0.1, -0.05) is 0 Å². The van der Waals surface area contributed by atoms with Crippen molar-refractivity contribution in [2.24, 2.45) is 7.05 Å². The van der Waals surface area contributed by atoms with E-state index in [4.69, 9.17) is 0 Å². The molecule has 1 heterocycles. The molecule has 0 saturated carbocycles. The zero-order valence-corrected chi connectivity index (χ0v) is 10.1. The first-order chi connectivity index (χ1) is 7.47. The van der Waals surface area contributed by atoms with Gasteiger partial charge in [0.15, 0.2) is 0 Å². The molecule has 0 amide bonds. The summed E-state index contributed by atoms with van der Waals surface area (Å²) in [6, 6.07) is 0. The van der Waals surface area contributed by atoms with Crippen molar-refractivity contribution in [3.63, 3.8) is 0 Å². The van der Waals surface area contributed by atoms with Crippen LogP contribution in [0, 0.1) is 6.92 Å². The topological polar surface area (TPSA) is 33.1 Å². The van der Waals surface area contributed by atoms with Crippen LogP contribution >= 0.6 is 0 Å². The number of nitrogens with zero attached hydrogens (tertiary/aromatic N) is 3. The number of rotatable bonds is 5. The molecule has 0 bridgehead atoms. The Bertz CT molecular complexity index is 349. The van der Waals surface area contributed by atoms with E-state index in [1.165, 1.54) is 4.90 Å². The lowest BCUT2D eigenvalue weighted by Crippen LogP contribution is -2.27. The Morgan fingerprint density at radius 1 is 1.50 bits per heavy atom. The average Bonchev–Trinajstić information content (AvgIpc) is 2.41. The summed E-state index contributed by atoms with van der Waals surface area (Å²) in [6.07, 6.45) is -2.34. The minimum absolute atomic E-state index is 0.282. The molecule has 4 nitrogen and oxygen atoms in total. The molecule has 0 fully saturated rings. The molecule has 1 aromatic heterocycles. The second-order valence-electron chi connectivity index (χ2n) is 3.81. The van der Waals surface area contributed by atoms with Crippen LogP contribution in [0.5, 0.6) is 0 Å². The third-order valence-corrected chi connectivity index (χ3v) is 2.44. The van der Waals surface area contributed by atoms with E-state index in [1.54, 1.807) is 18.8 Å². The van der Waals surface area contributed by atoms with Crippen molar-refractivity contribution in [1.82, 2.24) is 15.1 Å². The van der Waals surface area contributed by atoms with Gasteiger partial charge in [-0.25, -0.2) is 8.78 Å². The molecule has 1 rings (SSSR count). The minimum atomic E-state index is -2.34. The molecular formula is C10H18F2N4. The largest absolute Gasteiger partial charge is 0.354 e. The smallest absolute Gasteiger partial charge is 0.255 e. The Balaban J connectivity index is 3.00. The molecule has 0 atom stereocenters. The molecule has 16 heavy (non-hydrogen) atoms.